The fourth-order valence-corrected chi connectivity index (χ4v) is 1.75. The van der Waals surface area contributed by atoms with Gasteiger partial charge in [0.2, 0.25) is 0 Å². The van der Waals surface area contributed by atoms with Gasteiger partial charge in [-0.15, -0.1) is 0 Å². The average Bonchev–Trinajstić information content (AvgIpc) is 2.88. The van der Waals surface area contributed by atoms with Crippen LogP contribution in [-0.2, 0) is 6.54 Å². The number of rotatable bonds is 6. The topological polar surface area (TPSA) is 27.1 Å². The summed E-state index contributed by atoms with van der Waals surface area (Å²) in [5.74, 6) is -1.26. The Balaban J connectivity index is 1.95. The molecule has 2 aromatic rings. The predicted octanol–water partition coefficient (Wildman–Crippen LogP) is 2.55. The summed E-state index contributed by atoms with van der Waals surface area (Å²) in [6.45, 7) is -4.59. The van der Waals surface area contributed by atoms with E-state index in [0.29, 0.717) is 19.0 Å². The minimum atomic E-state index is -5.30. The fourth-order valence-electron chi connectivity index (χ4n) is 1.75. The average molecular weight is 287 g/mol. The van der Waals surface area contributed by atoms with Crippen LogP contribution in [0.15, 0.2) is 36.9 Å². The number of benzene rings is 1. The molecular formula is C12H12BF4N2O-. The van der Waals surface area contributed by atoms with Crippen molar-refractivity contribution in [3.05, 3.63) is 42.7 Å². The molecule has 1 aromatic carbocycles. The molecule has 0 fully saturated rings. The van der Waals surface area contributed by atoms with Crippen molar-refractivity contribution in [3.63, 3.8) is 0 Å². The molecule has 0 aliphatic heterocycles. The lowest BCUT2D eigenvalue weighted by Gasteiger charge is -2.19. The molecule has 0 bridgehead atoms. The van der Waals surface area contributed by atoms with Crippen molar-refractivity contribution in [1.82, 2.24) is 9.55 Å². The Morgan fingerprint density at radius 1 is 1.25 bits per heavy atom. The molecule has 20 heavy (non-hydrogen) atoms. The Morgan fingerprint density at radius 3 is 2.70 bits per heavy atom. The predicted molar refractivity (Wildman–Crippen MR) is 67.5 cm³/mol. The zero-order valence-electron chi connectivity index (χ0n) is 10.5. The zero-order chi connectivity index (χ0) is 14.6. The van der Waals surface area contributed by atoms with Crippen LogP contribution < -0.4 is 10.2 Å². The largest absolute Gasteiger partial charge is 0.513 e. The highest BCUT2D eigenvalue weighted by molar-refractivity contribution is 6.74. The molecule has 0 radical (unpaired) electrons. The molecular weight excluding hydrogens is 275 g/mol. The molecule has 108 valence electrons. The molecule has 1 heterocycles. The van der Waals surface area contributed by atoms with E-state index >= 15 is 0 Å². The third-order valence-electron chi connectivity index (χ3n) is 2.70. The van der Waals surface area contributed by atoms with Crippen LogP contribution in [0.3, 0.4) is 0 Å². The number of ether oxygens (including phenoxy) is 1. The van der Waals surface area contributed by atoms with Crippen molar-refractivity contribution < 1.29 is 22.1 Å². The van der Waals surface area contributed by atoms with Crippen LogP contribution >= 0.6 is 0 Å². The van der Waals surface area contributed by atoms with Crippen molar-refractivity contribution >= 4 is 12.4 Å². The van der Waals surface area contributed by atoms with Crippen molar-refractivity contribution in [1.29, 1.82) is 0 Å². The Morgan fingerprint density at radius 2 is 2.05 bits per heavy atom. The van der Waals surface area contributed by atoms with Crippen LogP contribution in [0.2, 0.25) is 0 Å². The molecule has 0 saturated heterocycles. The first-order valence-corrected chi connectivity index (χ1v) is 6.05. The number of hydrogen-bond donors (Lipinski definition) is 0. The fraction of sp³-hybridized carbons (Fsp3) is 0.250. The molecule has 0 spiro atoms. The molecule has 3 nitrogen and oxygen atoms in total. The molecule has 0 aliphatic carbocycles. The molecule has 0 atom stereocenters. The smallest absolute Gasteiger partial charge is 0.497 e. The van der Waals surface area contributed by atoms with Gasteiger partial charge in [-0.2, -0.15) is 0 Å². The van der Waals surface area contributed by atoms with Crippen molar-refractivity contribution in [2.75, 3.05) is 6.61 Å². The van der Waals surface area contributed by atoms with Gasteiger partial charge in [0.25, 0.3) is 0 Å². The van der Waals surface area contributed by atoms with Crippen LogP contribution in [0.25, 0.3) is 0 Å². The van der Waals surface area contributed by atoms with Crippen LogP contribution in [0, 0.1) is 5.82 Å². The van der Waals surface area contributed by atoms with Gasteiger partial charge in [-0.25, -0.2) is 9.37 Å². The van der Waals surface area contributed by atoms with Gasteiger partial charge < -0.3 is 22.3 Å². The third-order valence-corrected chi connectivity index (χ3v) is 2.70. The first kappa shape index (κ1) is 14.4. The van der Waals surface area contributed by atoms with Crippen molar-refractivity contribution in [2.24, 2.45) is 0 Å². The van der Waals surface area contributed by atoms with E-state index in [1.165, 1.54) is 0 Å². The molecule has 2 rings (SSSR count). The normalized spacial score (nSPS) is 11.6. The highest BCUT2D eigenvalue weighted by Crippen LogP contribution is 2.19. The van der Waals surface area contributed by atoms with Gasteiger partial charge in [0.05, 0.1) is 18.7 Å². The lowest BCUT2D eigenvalue weighted by molar-refractivity contribution is 0.302. The van der Waals surface area contributed by atoms with E-state index in [1.54, 1.807) is 23.3 Å². The Bertz CT molecular complexity index is 557. The van der Waals surface area contributed by atoms with Gasteiger partial charge in [-0.1, -0.05) is 5.46 Å². The number of aromatic nitrogens is 2. The van der Waals surface area contributed by atoms with E-state index in [4.69, 9.17) is 4.74 Å². The lowest BCUT2D eigenvalue weighted by Crippen LogP contribution is -2.35. The highest BCUT2D eigenvalue weighted by atomic mass is 19.4. The molecule has 0 aliphatic rings. The first-order chi connectivity index (χ1) is 9.47. The molecule has 1 aromatic heterocycles. The van der Waals surface area contributed by atoms with Crippen molar-refractivity contribution in [2.45, 2.75) is 13.0 Å². The maximum Gasteiger partial charge on any atom is 0.513 e. The molecule has 0 N–H and O–H groups in total. The Kier molecular flexibility index (Phi) is 4.31. The summed E-state index contributed by atoms with van der Waals surface area (Å²) in [5.41, 5.74) is -1.03. The SMILES string of the molecule is Fc1ccc(OCCCn2ccnc2)c([B-](F)(F)F)c1. The van der Waals surface area contributed by atoms with Crippen LogP contribution in [0.4, 0.5) is 17.3 Å². The summed E-state index contributed by atoms with van der Waals surface area (Å²) in [4.78, 5) is 3.85. The quantitative estimate of drug-likeness (QED) is 0.464. The summed E-state index contributed by atoms with van der Waals surface area (Å²) in [7, 11) is 0. The van der Waals surface area contributed by atoms with Crippen molar-refractivity contribution in [3.8, 4) is 5.75 Å². The molecule has 0 saturated carbocycles. The van der Waals surface area contributed by atoms with E-state index in [0.717, 1.165) is 12.1 Å². The standard InChI is InChI=1S/C12H12BF4N2O/c14-10-2-3-12(11(8-10)13(15,16)17)20-7-1-5-19-6-4-18-9-19/h2-4,6,8-9H,1,5,7H2/q-1. The lowest BCUT2D eigenvalue weighted by atomic mass is 9.79. The summed E-state index contributed by atoms with van der Waals surface area (Å²) >= 11 is 0. The minimum Gasteiger partial charge on any atom is -0.497 e. The number of imidazole rings is 1. The monoisotopic (exact) mass is 287 g/mol. The van der Waals surface area contributed by atoms with E-state index in [-0.39, 0.29) is 12.4 Å². The second-order valence-electron chi connectivity index (χ2n) is 4.26. The third kappa shape index (κ3) is 3.75. The van der Waals surface area contributed by atoms with Gasteiger partial charge in [-0.05, 0) is 24.6 Å². The summed E-state index contributed by atoms with van der Waals surface area (Å²) < 4.78 is 58.1. The summed E-state index contributed by atoms with van der Waals surface area (Å²) in [6.07, 6.45) is 5.51. The van der Waals surface area contributed by atoms with Gasteiger partial charge in [0.1, 0.15) is 5.82 Å². The van der Waals surface area contributed by atoms with E-state index < -0.39 is 18.3 Å². The Labute approximate surface area is 113 Å². The summed E-state index contributed by atoms with van der Waals surface area (Å²) in [5, 5.41) is 0. The van der Waals surface area contributed by atoms with Crippen LogP contribution in [-0.4, -0.2) is 23.1 Å². The van der Waals surface area contributed by atoms with Crippen LogP contribution in [0.5, 0.6) is 5.75 Å². The molecule has 0 unspecified atom stereocenters. The number of aryl methyl sites for hydroxylation is 1. The maximum atomic E-state index is 12.9. The van der Waals surface area contributed by atoms with Crippen LogP contribution in [0.1, 0.15) is 6.42 Å². The number of nitrogens with zero attached hydrogens (tertiary/aromatic N) is 2. The number of halogens is 4. The molecule has 8 heteroatoms. The second-order valence-corrected chi connectivity index (χ2v) is 4.26. The van der Waals surface area contributed by atoms with Gasteiger partial charge in [0.15, 0.2) is 0 Å². The van der Waals surface area contributed by atoms with Gasteiger partial charge in [-0.3, -0.25) is 0 Å². The first-order valence-electron chi connectivity index (χ1n) is 6.05. The zero-order valence-corrected chi connectivity index (χ0v) is 10.5. The van der Waals surface area contributed by atoms with Gasteiger partial charge in [0, 0.05) is 18.9 Å². The molecule has 0 amide bonds. The maximum absolute atomic E-state index is 12.9. The summed E-state index contributed by atoms with van der Waals surface area (Å²) in [6, 6.07) is 2.43. The minimum absolute atomic E-state index is 0.114. The Hall–Kier alpha value is -1.99. The van der Waals surface area contributed by atoms with E-state index in [2.05, 4.69) is 4.98 Å². The second kappa shape index (κ2) is 5.98. The van der Waals surface area contributed by atoms with E-state index in [9.17, 15) is 17.3 Å². The van der Waals surface area contributed by atoms with E-state index in [1.807, 2.05) is 0 Å². The van der Waals surface area contributed by atoms with Gasteiger partial charge >= 0.3 is 6.98 Å². The highest BCUT2D eigenvalue weighted by Gasteiger charge is 2.29. The number of hydrogen-bond acceptors (Lipinski definition) is 2.